The van der Waals surface area contributed by atoms with E-state index >= 15 is 0 Å². The van der Waals surface area contributed by atoms with E-state index in [1.807, 2.05) is 19.1 Å². The Kier molecular flexibility index (Phi) is 2.21. The van der Waals surface area contributed by atoms with Gasteiger partial charge in [-0.3, -0.25) is 0 Å². The second-order valence-corrected chi connectivity index (χ2v) is 3.93. The van der Waals surface area contributed by atoms with Crippen molar-refractivity contribution in [3.05, 3.63) is 18.2 Å². The molecule has 74 valence electrons. The van der Waals surface area contributed by atoms with Gasteiger partial charge in [0.2, 0.25) is 0 Å². The fourth-order valence-corrected chi connectivity index (χ4v) is 2.33. The van der Waals surface area contributed by atoms with E-state index in [0.717, 1.165) is 15.1 Å². The molecular weight excluding hydrogens is 198 g/mol. The van der Waals surface area contributed by atoms with Crippen LogP contribution in [0.25, 0.3) is 10.1 Å². The number of phenolic OH excluding ortho intramolecular Hbond substituents is 1. The van der Waals surface area contributed by atoms with E-state index in [0.29, 0.717) is 12.3 Å². The average Bonchev–Trinajstić information content (AvgIpc) is 2.56. The van der Waals surface area contributed by atoms with Gasteiger partial charge in [0.25, 0.3) is 0 Å². The summed E-state index contributed by atoms with van der Waals surface area (Å²) in [4.78, 5) is 0. The van der Waals surface area contributed by atoms with Crippen molar-refractivity contribution in [1.29, 1.82) is 0 Å². The third kappa shape index (κ3) is 1.37. The van der Waals surface area contributed by atoms with Crippen LogP contribution in [0.15, 0.2) is 18.2 Å². The van der Waals surface area contributed by atoms with E-state index in [9.17, 15) is 5.11 Å². The highest BCUT2D eigenvalue weighted by molar-refractivity contribution is 7.21. The summed E-state index contributed by atoms with van der Waals surface area (Å²) in [5.41, 5.74) is 6.16. The van der Waals surface area contributed by atoms with Crippen LogP contribution in [0, 0.1) is 0 Å². The summed E-state index contributed by atoms with van der Waals surface area (Å²) >= 11 is 1.46. The van der Waals surface area contributed by atoms with Gasteiger partial charge < -0.3 is 15.6 Å². The van der Waals surface area contributed by atoms with Crippen molar-refractivity contribution in [2.75, 3.05) is 12.3 Å². The van der Waals surface area contributed by atoms with Crippen LogP contribution in [0.5, 0.6) is 10.8 Å². The SMILES string of the molecule is CCOc1cc2ccc(O)c(N)c2s1. The Morgan fingerprint density at radius 1 is 1.50 bits per heavy atom. The van der Waals surface area contributed by atoms with E-state index in [4.69, 9.17) is 10.5 Å². The minimum atomic E-state index is 0.127. The number of ether oxygens (including phenoxy) is 1. The quantitative estimate of drug-likeness (QED) is 0.590. The number of fused-ring (bicyclic) bond motifs is 1. The summed E-state index contributed by atoms with van der Waals surface area (Å²) < 4.78 is 6.25. The van der Waals surface area contributed by atoms with Gasteiger partial charge >= 0.3 is 0 Å². The first-order valence-corrected chi connectivity index (χ1v) is 5.17. The molecule has 0 saturated heterocycles. The Bertz CT molecular complexity index is 464. The summed E-state index contributed by atoms with van der Waals surface area (Å²) in [5, 5.41) is 11.2. The van der Waals surface area contributed by atoms with Crippen LogP contribution in [0.1, 0.15) is 6.92 Å². The second kappa shape index (κ2) is 3.38. The molecule has 1 heterocycles. The second-order valence-electron chi connectivity index (χ2n) is 2.92. The molecule has 1 aromatic carbocycles. The minimum absolute atomic E-state index is 0.127. The van der Waals surface area contributed by atoms with Crippen LogP contribution in [0.2, 0.25) is 0 Å². The summed E-state index contributed by atoms with van der Waals surface area (Å²) in [6, 6.07) is 5.36. The van der Waals surface area contributed by atoms with Crippen LogP contribution in [-0.2, 0) is 0 Å². The molecule has 0 spiro atoms. The zero-order valence-electron chi connectivity index (χ0n) is 7.78. The van der Waals surface area contributed by atoms with E-state index in [-0.39, 0.29) is 5.75 Å². The molecule has 0 unspecified atom stereocenters. The van der Waals surface area contributed by atoms with Gasteiger partial charge in [-0.2, -0.15) is 0 Å². The van der Waals surface area contributed by atoms with Gasteiger partial charge in [-0.1, -0.05) is 11.3 Å². The van der Waals surface area contributed by atoms with Crippen molar-refractivity contribution in [1.82, 2.24) is 0 Å². The Morgan fingerprint density at radius 3 is 3.00 bits per heavy atom. The van der Waals surface area contributed by atoms with Gasteiger partial charge in [-0.15, -0.1) is 0 Å². The maximum Gasteiger partial charge on any atom is 0.174 e. The summed E-state index contributed by atoms with van der Waals surface area (Å²) in [7, 11) is 0. The Hall–Kier alpha value is -1.42. The molecule has 14 heavy (non-hydrogen) atoms. The number of aromatic hydroxyl groups is 1. The molecule has 1 aromatic heterocycles. The first kappa shape index (κ1) is 9.15. The number of thiophene rings is 1. The molecule has 0 aliphatic heterocycles. The molecule has 0 fully saturated rings. The fraction of sp³-hybridized carbons (Fsp3) is 0.200. The molecule has 0 saturated carbocycles. The third-order valence-electron chi connectivity index (χ3n) is 1.97. The smallest absolute Gasteiger partial charge is 0.174 e. The number of nitrogens with two attached hydrogens (primary N) is 1. The molecule has 0 atom stereocenters. The highest BCUT2D eigenvalue weighted by Gasteiger charge is 2.07. The normalized spacial score (nSPS) is 10.6. The topological polar surface area (TPSA) is 55.5 Å². The number of hydrogen-bond acceptors (Lipinski definition) is 4. The molecule has 0 aliphatic rings. The van der Waals surface area contributed by atoms with E-state index < -0.39 is 0 Å². The van der Waals surface area contributed by atoms with Gasteiger partial charge in [0.15, 0.2) is 5.06 Å². The Balaban J connectivity index is 2.59. The lowest BCUT2D eigenvalue weighted by Gasteiger charge is -1.97. The van der Waals surface area contributed by atoms with Crippen LogP contribution in [0.4, 0.5) is 5.69 Å². The predicted molar refractivity (Wildman–Crippen MR) is 59.1 cm³/mol. The number of nitrogen functional groups attached to an aromatic ring is 1. The Labute approximate surface area is 85.7 Å². The largest absolute Gasteiger partial charge is 0.506 e. The number of phenols is 1. The van der Waals surface area contributed by atoms with E-state index in [1.165, 1.54) is 11.3 Å². The lowest BCUT2D eigenvalue weighted by atomic mass is 10.2. The highest BCUT2D eigenvalue weighted by atomic mass is 32.1. The lowest BCUT2D eigenvalue weighted by molar-refractivity contribution is 0.350. The van der Waals surface area contributed by atoms with Gasteiger partial charge in [0, 0.05) is 0 Å². The molecule has 4 heteroatoms. The minimum Gasteiger partial charge on any atom is -0.506 e. The van der Waals surface area contributed by atoms with Gasteiger partial charge in [0.05, 0.1) is 17.0 Å². The van der Waals surface area contributed by atoms with E-state index in [2.05, 4.69) is 0 Å². The number of hydrogen-bond donors (Lipinski definition) is 2. The maximum absolute atomic E-state index is 9.40. The van der Waals surface area contributed by atoms with E-state index in [1.54, 1.807) is 6.07 Å². The lowest BCUT2D eigenvalue weighted by Crippen LogP contribution is -1.86. The van der Waals surface area contributed by atoms with Gasteiger partial charge in [-0.05, 0) is 30.5 Å². The van der Waals surface area contributed by atoms with Gasteiger partial charge in [-0.25, -0.2) is 0 Å². The summed E-state index contributed by atoms with van der Waals surface area (Å²) in [5.74, 6) is 0.127. The number of benzene rings is 1. The highest BCUT2D eigenvalue weighted by Crippen LogP contribution is 2.39. The standard InChI is InChI=1S/C10H11NO2S/c1-2-13-8-5-6-3-4-7(12)9(11)10(6)14-8/h3-5,12H,2,11H2,1H3. The first-order valence-electron chi connectivity index (χ1n) is 4.36. The molecule has 0 aliphatic carbocycles. The third-order valence-corrected chi connectivity index (χ3v) is 3.06. The van der Waals surface area contributed by atoms with Crippen LogP contribution in [-0.4, -0.2) is 11.7 Å². The number of anilines is 1. The first-order chi connectivity index (χ1) is 6.72. The molecule has 2 rings (SSSR count). The van der Waals surface area contributed by atoms with Crippen molar-refractivity contribution < 1.29 is 9.84 Å². The molecule has 2 aromatic rings. The number of rotatable bonds is 2. The Morgan fingerprint density at radius 2 is 2.29 bits per heavy atom. The molecule has 3 nitrogen and oxygen atoms in total. The van der Waals surface area contributed by atoms with Crippen molar-refractivity contribution in [2.45, 2.75) is 6.92 Å². The van der Waals surface area contributed by atoms with Crippen molar-refractivity contribution in [3.63, 3.8) is 0 Å². The van der Waals surface area contributed by atoms with Crippen molar-refractivity contribution in [2.24, 2.45) is 0 Å². The molecule has 0 radical (unpaired) electrons. The maximum atomic E-state index is 9.40. The van der Waals surface area contributed by atoms with Crippen LogP contribution in [0.3, 0.4) is 0 Å². The fourth-order valence-electron chi connectivity index (χ4n) is 1.30. The predicted octanol–water partition coefficient (Wildman–Crippen LogP) is 2.59. The van der Waals surface area contributed by atoms with Gasteiger partial charge in [0.1, 0.15) is 5.75 Å². The molecule has 0 bridgehead atoms. The van der Waals surface area contributed by atoms with Crippen molar-refractivity contribution >= 4 is 27.1 Å². The van der Waals surface area contributed by atoms with Crippen molar-refractivity contribution in [3.8, 4) is 10.8 Å². The molecule has 0 amide bonds. The average molecular weight is 209 g/mol. The summed E-state index contributed by atoms with van der Waals surface area (Å²) in [6.45, 7) is 2.57. The zero-order valence-corrected chi connectivity index (χ0v) is 8.60. The molecular formula is C10H11NO2S. The van der Waals surface area contributed by atoms with Crippen LogP contribution >= 0.6 is 11.3 Å². The molecule has 3 N–H and O–H groups in total. The zero-order chi connectivity index (χ0) is 10.1. The monoisotopic (exact) mass is 209 g/mol. The van der Waals surface area contributed by atoms with Crippen LogP contribution < -0.4 is 10.5 Å². The summed E-state index contributed by atoms with van der Waals surface area (Å²) in [6.07, 6.45) is 0.